The standard InChI is InChI=1S/C24H31FO6/c1-13-9-18-17-6-5-15-10-16(27)7-8-21(15,3)23(17,25)19(28)11-22(18,4)24(13,30)20(29)12-31-14(2)26/h7-8,10,13,17-19,28,30H,5-6,9,11-12H2,1-4H3/t13-,17-,18+,19+,21+,22+,23+,24+/m1/s1. The molecular weight excluding hydrogens is 403 g/mol. The van der Waals surface area contributed by atoms with Crippen LogP contribution in [0.4, 0.5) is 4.39 Å². The molecule has 170 valence electrons. The maximum Gasteiger partial charge on any atom is 0.303 e. The summed E-state index contributed by atoms with van der Waals surface area (Å²) in [5.41, 5.74) is -5.33. The van der Waals surface area contributed by atoms with Crippen LogP contribution in [0.15, 0.2) is 23.8 Å². The number of rotatable bonds is 3. The van der Waals surface area contributed by atoms with Gasteiger partial charge in [0.1, 0.15) is 5.60 Å². The lowest BCUT2D eigenvalue weighted by Crippen LogP contribution is -2.69. The molecule has 0 aromatic rings. The van der Waals surface area contributed by atoms with Gasteiger partial charge in [-0.1, -0.05) is 25.5 Å². The van der Waals surface area contributed by atoms with Crippen LogP contribution in [0.3, 0.4) is 0 Å². The number of hydrogen-bond donors (Lipinski definition) is 2. The molecule has 2 N–H and O–H groups in total. The van der Waals surface area contributed by atoms with Gasteiger partial charge in [0.25, 0.3) is 0 Å². The van der Waals surface area contributed by atoms with Crippen LogP contribution < -0.4 is 0 Å². The van der Waals surface area contributed by atoms with E-state index in [2.05, 4.69) is 0 Å². The maximum atomic E-state index is 17.0. The van der Waals surface area contributed by atoms with Crippen LogP contribution in [-0.4, -0.2) is 51.7 Å². The van der Waals surface area contributed by atoms with Crippen molar-refractivity contribution in [2.75, 3.05) is 6.61 Å². The minimum absolute atomic E-state index is 0.0953. The van der Waals surface area contributed by atoms with E-state index in [0.717, 1.165) is 0 Å². The van der Waals surface area contributed by atoms with Gasteiger partial charge in [0.05, 0.1) is 6.10 Å². The first-order valence-electron chi connectivity index (χ1n) is 11.0. The van der Waals surface area contributed by atoms with Gasteiger partial charge < -0.3 is 14.9 Å². The molecule has 0 amide bonds. The van der Waals surface area contributed by atoms with Crippen molar-refractivity contribution in [1.82, 2.24) is 0 Å². The number of allylic oxidation sites excluding steroid dienone is 4. The average molecular weight is 435 g/mol. The van der Waals surface area contributed by atoms with Crippen LogP contribution in [-0.2, 0) is 19.1 Å². The van der Waals surface area contributed by atoms with E-state index >= 15 is 4.39 Å². The number of hydrogen-bond acceptors (Lipinski definition) is 6. The zero-order valence-electron chi connectivity index (χ0n) is 18.5. The smallest absolute Gasteiger partial charge is 0.303 e. The van der Waals surface area contributed by atoms with E-state index in [1.165, 1.54) is 19.1 Å². The van der Waals surface area contributed by atoms with Crippen molar-refractivity contribution in [3.05, 3.63) is 23.8 Å². The van der Waals surface area contributed by atoms with E-state index in [4.69, 9.17) is 4.74 Å². The van der Waals surface area contributed by atoms with E-state index in [9.17, 15) is 24.6 Å². The molecule has 0 bridgehead atoms. The number of halogens is 1. The second-order valence-electron chi connectivity index (χ2n) is 10.4. The van der Waals surface area contributed by atoms with Crippen molar-refractivity contribution < 1.29 is 33.7 Å². The van der Waals surface area contributed by atoms with Crippen molar-refractivity contribution >= 4 is 17.5 Å². The fourth-order valence-corrected chi connectivity index (χ4v) is 7.42. The Kier molecular flexibility index (Phi) is 4.91. The molecule has 31 heavy (non-hydrogen) atoms. The van der Waals surface area contributed by atoms with Crippen LogP contribution in [0.25, 0.3) is 0 Å². The van der Waals surface area contributed by atoms with Crippen molar-refractivity contribution in [2.24, 2.45) is 28.6 Å². The number of ketones is 2. The summed E-state index contributed by atoms with van der Waals surface area (Å²) in [5, 5.41) is 22.9. The molecule has 0 aromatic carbocycles. The summed E-state index contributed by atoms with van der Waals surface area (Å²) in [5.74, 6) is -2.80. The second kappa shape index (κ2) is 6.82. The average Bonchev–Trinajstić information content (AvgIpc) is 2.89. The van der Waals surface area contributed by atoms with E-state index in [1.54, 1.807) is 26.8 Å². The summed E-state index contributed by atoms with van der Waals surface area (Å²) in [4.78, 5) is 36.2. The fourth-order valence-electron chi connectivity index (χ4n) is 7.42. The van der Waals surface area contributed by atoms with Crippen molar-refractivity contribution in [3.8, 4) is 0 Å². The number of aliphatic hydroxyl groups is 2. The highest BCUT2D eigenvalue weighted by molar-refractivity contribution is 6.01. The highest BCUT2D eigenvalue weighted by Crippen LogP contribution is 2.70. The first kappa shape index (κ1) is 22.3. The Labute approximate surface area is 181 Å². The third-order valence-electron chi connectivity index (χ3n) is 9.05. The minimum Gasteiger partial charge on any atom is -0.458 e. The molecule has 6 nitrogen and oxygen atoms in total. The quantitative estimate of drug-likeness (QED) is 0.662. The third kappa shape index (κ3) is 2.65. The van der Waals surface area contributed by atoms with Gasteiger partial charge in [-0.3, -0.25) is 14.4 Å². The number of aliphatic hydroxyl groups excluding tert-OH is 1. The Bertz CT molecular complexity index is 910. The summed E-state index contributed by atoms with van der Waals surface area (Å²) in [6.45, 7) is 5.89. The Hall–Kier alpha value is -1.86. The van der Waals surface area contributed by atoms with E-state index in [0.29, 0.717) is 24.8 Å². The molecule has 4 rings (SSSR count). The van der Waals surface area contributed by atoms with Gasteiger partial charge in [0, 0.05) is 23.7 Å². The predicted molar refractivity (Wildman–Crippen MR) is 109 cm³/mol. The number of carbonyl (C=O) groups is 3. The predicted octanol–water partition coefficient (Wildman–Crippen LogP) is 2.47. The summed E-state index contributed by atoms with van der Waals surface area (Å²) in [6.07, 6.45) is 4.29. The molecule has 8 atom stereocenters. The monoisotopic (exact) mass is 434 g/mol. The van der Waals surface area contributed by atoms with Crippen LogP contribution in [0, 0.1) is 28.6 Å². The summed E-state index contributed by atoms with van der Waals surface area (Å²) >= 11 is 0. The van der Waals surface area contributed by atoms with Gasteiger partial charge in [0.2, 0.25) is 5.78 Å². The maximum absolute atomic E-state index is 17.0. The van der Waals surface area contributed by atoms with Gasteiger partial charge in [-0.2, -0.15) is 0 Å². The molecule has 0 radical (unpaired) electrons. The molecule has 0 aromatic heterocycles. The third-order valence-corrected chi connectivity index (χ3v) is 9.05. The van der Waals surface area contributed by atoms with Gasteiger partial charge in [-0.25, -0.2) is 4.39 Å². The molecular formula is C24H31FO6. The number of carbonyl (C=O) groups excluding carboxylic acids is 3. The number of esters is 1. The highest BCUT2D eigenvalue weighted by atomic mass is 19.1. The highest BCUT2D eigenvalue weighted by Gasteiger charge is 2.75. The first-order chi connectivity index (χ1) is 14.3. The second-order valence-corrected chi connectivity index (χ2v) is 10.4. The number of fused-ring (bicyclic) bond motifs is 5. The summed E-state index contributed by atoms with van der Waals surface area (Å²) in [7, 11) is 0. The topological polar surface area (TPSA) is 101 Å². The van der Waals surface area contributed by atoms with Gasteiger partial charge in [-0.05, 0) is 56.6 Å². The van der Waals surface area contributed by atoms with E-state index in [1.807, 2.05) is 0 Å². The zero-order valence-corrected chi connectivity index (χ0v) is 18.5. The zero-order chi connectivity index (χ0) is 23.0. The lowest BCUT2D eigenvalue weighted by Gasteiger charge is -2.62. The first-order valence-corrected chi connectivity index (χ1v) is 11.0. The Morgan fingerprint density at radius 2 is 1.97 bits per heavy atom. The molecule has 0 aliphatic heterocycles. The molecule has 0 spiro atoms. The lowest BCUT2D eigenvalue weighted by atomic mass is 9.44. The Balaban J connectivity index is 1.76. The largest absolute Gasteiger partial charge is 0.458 e. The van der Waals surface area contributed by atoms with Crippen LogP contribution in [0.1, 0.15) is 53.4 Å². The molecule has 4 aliphatic rings. The van der Waals surface area contributed by atoms with E-state index < -0.39 is 58.4 Å². The lowest BCUT2D eigenvalue weighted by molar-refractivity contribution is -0.219. The minimum atomic E-state index is -2.01. The molecule has 7 heteroatoms. The molecule has 4 aliphatic carbocycles. The van der Waals surface area contributed by atoms with Crippen molar-refractivity contribution in [2.45, 2.75) is 70.8 Å². The van der Waals surface area contributed by atoms with Crippen LogP contribution >= 0.6 is 0 Å². The Morgan fingerprint density at radius 1 is 1.29 bits per heavy atom. The molecule has 0 unspecified atom stereocenters. The van der Waals surface area contributed by atoms with E-state index in [-0.39, 0.29) is 18.1 Å². The summed E-state index contributed by atoms with van der Waals surface area (Å²) in [6, 6.07) is 0. The Morgan fingerprint density at radius 3 is 2.61 bits per heavy atom. The molecule has 0 saturated heterocycles. The van der Waals surface area contributed by atoms with Gasteiger partial charge in [0.15, 0.2) is 18.1 Å². The van der Waals surface area contributed by atoms with Gasteiger partial charge in [-0.15, -0.1) is 0 Å². The van der Waals surface area contributed by atoms with Crippen molar-refractivity contribution in [1.29, 1.82) is 0 Å². The van der Waals surface area contributed by atoms with Crippen LogP contribution in [0.2, 0.25) is 0 Å². The van der Waals surface area contributed by atoms with Gasteiger partial charge >= 0.3 is 5.97 Å². The fraction of sp³-hybridized carbons (Fsp3) is 0.708. The van der Waals surface area contributed by atoms with Crippen molar-refractivity contribution in [3.63, 3.8) is 0 Å². The number of ether oxygens (including phenoxy) is 1. The number of alkyl halides is 1. The molecule has 0 heterocycles. The molecule has 3 saturated carbocycles. The SMILES string of the molecule is CC(=O)OCC(=O)[C@@]1(O)[C@H](C)C[C@H]2[C@H]3CCC4=CC(=O)C=C[C@]4(C)[C@@]3(F)[C@@H](O)C[C@@]21C. The number of Topliss-reactive ketones (excluding diaryl/α,β-unsaturated/α-hetero) is 1. The summed E-state index contributed by atoms with van der Waals surface area (Å²) < 4.78 is 21.9. The molecule has 3 fully saturated rings. The normalized spacial score (nSPS) is 48.4. The van der Waals surface area contributed by atoms with Crippen LogP contribution in [0.5, 0.6) is 0 Å².